The van der Waals surface area contributed by atoms with E-state index in [2.05, 4.69) is 5.32 Å². The number of carbonyl (C=O) groups excluding carboxylic acids is 2. The second-order valence-electron chi connectivity index (χ2n) is 7.07. The van der Waals surface area contributed by atoms with Gasteiger partial charge in [0.2, 0.25) is 0 Å². The van der Waals surface area contributed by atoms with Crippen LogP contribution in [0.25, 0.3) is 11.8 Å². The molecule has 0 bridgehead atoms. The summed E-state index contributed by atoms with van der Waals surface area (Å²) in [6, 6.07) is 13.1. The second-order valence-corrected chi connectivity index (χ2v) is 7.46. The largest absolute Gasteiger partial charge is 0.318 e. The number of halogens is 2. The molecule has 1 aromatic heterocycles. The SMILES string of the molecule is Cc1cc(/C=C2/C(=O)NC(=S)N(c3ccc(F)cc3)C2=O)c(C)n1-c1ccc(F)cc1. The molecule has 2 heterocycles. The number of rotatable bonds is 3. The fourth-order valence-corrected chi connectivity index (χ4v) is 3.84. The first-order valence-electron chi connectivity index (χ1n) is 9.38. The maximum absolute atomic E-state index is 13.3. The van der Waals surface area contributed by atoms with Gasteiger partial charge in [0.1, 0.15) is 17.2 Å². The van der Waals surface area contributed by atoms with E-state index in [4.69, 9.17) is 12.2 Å². The molecule has 0 unspecified atom stereocenters. The highest BCUT2D eigenvalue weighted by Crippen LogP contribution is 2.26. The summed E-state index contributed by atoms with van der Waals surface area (Å²) in [5, 5.41) is 2.44. The van der Waals surface area contributed by atoms with Gasteiger partial charge in [-0.1, -0.05) is 0 Å². The Labute approximate surface area is 182 Å². The number of anilines is 1. The van der Waals surface area contributed by atoms with Crippen LogP contribution in [0.4, 0.5) is 14.5 Å². The molecule has 5 nitrogen and oxygen atoms in total. The third-order valence-corrected chi connectivity index (χ3v) is 5.33. The van der Waals surface area contributed by atoms with E-state index < -0.39 is 17.6 Å². The number of carbonyl (C=O) groups is 2. The lowest BCUT2D eigenvalue weighted by atomic mass is 10.1. The summed E-state index contributed by atoms with van der Waals surface area (Å²) in [7, 11) is 0. The van der Waals surface area contributed by atoms with E-state index in [0.717, 1.165) is 22.0 Å². The summed E-state index contributed by atoms with van der Waals surface area (Å²) >= 11 is 5.16. The molecule has 8 heteroatoms. The zero-order chi connectivity index (χ0) is 22.3. The number of amides is 2. The molecule has 3 aromatic rings. The predicted molar refractivity (Wildman–Crippen MR) is 118 cm³/mol. The lowest BCUT2D eigenvalue weighted by Crippen LogP contribution is -2.54. The maximum Gasteiger partial charge on any atom is 0.270 e. The molecule has 1 aliphatic heterocycles. The van der Waals surface area contributed by atoms with Crippen LogP contribution in [0.3, 0.4) is 0 Å². The number of thiocarbonyl (C=S) groups is 1. The highest BCUT2D eigenvalue weighted by atomic mass is 32.1. The van der Waals surface area contributed by atoms with Gasteiger partial charge in [0, 0.05) is 17.1 Å². The smallest absolute Gasteiger partial charge is 0.270 e. The first-order valence-corrected chi connectivity index (χ1v) is 9.79. The van der Waals surface area contributed by atoms with Crippen LogP contribution in [0.15, 0.2) is 60.2 Å². The Bertz CT molecular complexity index is 1250. The van der Waals surface area contributed by atoms with Crippen molar-refractivity contribution in [2.75, 3.05) is 4.90 Å². The van der Waals surface area contributed by atoms with E-state index in [1.165, 1.54) is 42.5 Å². The second kappa shape index (κ2) is 7.88. The van der Waals surface area contributed by atoms with E-state index >= 15 is 0 Å². The number of aryl methyl sites for hydroxylation is 1. The summed E-state index contributed by atoms with van der Waals surface area (Å²) in [6.45, 7) is 3.72. The van der Waals surface area contributed by atoms with Crippen molar-refractivity contribution in [2.45, 2.75) is 13.8 Å². The summed E-state index contributed by atoms with van der Waals surface area (Å²) in [5.74, 6) is -2.01. The van der Waals surface area contributed by atoms with Crippen molar-refractivity contribution < 1.29 is 18.4 Å². The van der Waals surface area contributed by atoms with Gasteiger partial charge in [-0.15, -0.1) is 0 Å². The van der Waals surface area contributed by atoms with E-state index in [1.807, 2.05) is 24.5 Å². The van der Waals surface area contributed by atoms with Crippen molar-refractivity contribution in [3.05, 3.63) is 88.8 Å². The number of benzene rings is 2. The molecular weight excluding hydrogens is 420 g/mol. The fraction of sp³-hybridized carbons (Fsp3) is 0.0870. The molecule has 1 N–H and O–H groups in total. The van der Waals surface area contributed by atoms with Gasteiger partial charge >= 0.3 is 0 Å². The Kier molecular flexibility index (Phi) is 5.24. The molecule has 2 amide bonds. The average Bonchev–Trinajstić information content (AvgIpc) is 3.00. The number of nitrogens with zero attached hydrogens (tertiary/aromatic N) is 2. The maximum atomic E-state index is 13.3. The van der Waals surface area contributed by atoms with E-state index in [1.54, 1.807) is 12.1 Å². The summed E-state index contributed by atoms with van der Waals surface area (Å²) < 4.78 is 28.5. The topological polar surface area (TPSA) is 54.3 Å². The minimum absolute atomic E-state index is 0.0736. The van der Waals surface area contributed by atoms with Gasteiger partial charge in [0.05, 0.1) is 5.69 Å². The van der Waals surface area contributed by atoms with Crippen LogP contribution in [-0.4, -0.2) is 21.5 Å². The van der Waals surface area contributed by atoms with Crippen molar-refractivity contribution in [1.29, 1.82) is 0 Å². The highest BCUT2D eigenvalue weighted by molar-refractivity contribution is 7.80. The monoisotopic (exact) mass is 437 g/mol. The lowest BCUT2D eigenvalue weighted by Gasteiger charge is -2.28. The van der Waals surface area contributed by atoms with E-state index in [-0.39, 0.29) is 16.5 Å². The van der Waals surface area contributed by atoms with Crippen molar-refractivity contribution in [3.8, 4) is 5.69 Å². The van der Waals surface area contributed by atoms with Gasteiger partial charge in [-0.25, -0.2) is 8.78 Å². The lowest BCUT2D eigenvalue weighted by molar-refractivity contribution is -0.122. The van der Waals surface area contributed by atoms with Gasteiger partial charge < -0.3 is 4.57 Å². The molecule has 0 radical (unpaired) electrons. The number of nitrogens with one attached hydrogen (secondary N) is 1. The van der Waals surface area contributed by atoms with Gasteiger partial charge in [-0.3, -0.25) is 19.8 Å². The van der Waals surface area contributed by atoms with Crippen LogP contribution in [0.1, 0.15) is 17.0 Å². The molecule has 4 rings (SSSR count). The molecule has 0 atom stereocenters. The van der Waals surface area contributed by atoms with Crippen LogP contribution in [0, 0.1) is 25.5 Å². The van der Waals surface area contributed by atoms with Crippen LogP contribution >= 0.6 is 12.2 Å². The van der Waals surface area contributed by atoms with E-state index in [9.17, 15) is 18.4 Å². The summed E-state index contributed by atoms with van der Waals surface area (Å²) in [5.41, 5.74) is 3.29. The fourth-order valence-electron chi connectivity index (χ4n) is 3.56. The van der Waals surface area contributed by atoms with Gasteiger partial charge in [0.25, 0.3) is 11.8 Å². The molecule has 31 heavy (non-hydrogen) atoms. The van der Waals surface area contributed by atoms with Gasteiger partial charge in [0.15, 0.2) is 5.11 Å². The minimum Gasteiger partial charge on any atom is -0.318 e. The molecule has 0 aliphatic carbocycles. The Morgan fingerprint density at radius 2 is 1.45 bits per heavy atom. The quantitative estimate of drug-likeness (QED) is 0.380. The molecule has 156 valence electrons. The molecule has 2 aromatic carbocycles. The van der Waals surface area contributed by atoms with Crippen molar-refractivity contribution >= 4 is 40.9 Å². The Balaban J connectivity index is 1.75. The van der Waals surface area contributed by atoms with Crippen molar-refractivity contribution in [3.63, 3.8) is 0 Å². The summed E-state index contributed by atoms with van der Waals surface area (Å²) in [6.07, 6.45) is 1.50. The van der Waals surface area contributed by atoms with Crippen molar-refractivity contribution in [2.24, 2.45) is 0 Å². The van der Waals surface area contributed by atoms with Gasteiger partial charge in [-0.05, 0) is 92.3 Å². The molecule has 1 saturated heterocycles. The van der Waals surface area contributed by atoms with Gasteiger partial charge in [-0.2, -0.15) is 0 Å². The molecule has 1 aliphatic rings. The molecule has 0 spiro atoms. The Morgan fingerprint density at radius 3 is 2.03 bits per heavy atom. The predicted octanol–water partition coefficient (Wildman–Crippen LogP) is 4.20. The number of hydrogen-bond donors (Lipinski definition) is 1. The van der Waals surface area contributed by atoms with Crippen LogP contribution in [-0.2, 0) is 9.59 Å². The first-order chi connectivity index (χ1) is 14.8. The van der Waals surface area contributed by atoms with E-state index in [0.29, 0.717) is 11.3 Å². The molecule has 0 saturated carbocycles. The van der Waals surface area contributed by atoms with Crippen LogP contribution < -0.4 is 10.2 Å². The zero-order valence-electron chi connectivity index (χ0n) is 16.6. The minimum atomic E-state index is -0.611. The third kappa shape index (κ3) is 3.77. The Morgan fingerprint density at radius 1 is 0.903 bits per heavy atom. The normalized spacial score (nSPS) is 15.5. The zero-order valence-corrected chi connectivity index (χ0v) is 17.5. The van der Waals surface area contributed by atoms with Crippen molar-refractivity contribution in [1.82, 2.24) is 9.88 Å². The molecule has 1 fully saturated rings. The average molecular weight is 437 g/mol. The first kappa shape index (κ1) is 20.6. The Hall–Kier alpha value is -3.65. The number of hydrogen-bond acceptors (Lipinski definition) is 3. The third-order valence-electron chi connectivity index (χ3n) is 5.04. The molecular formula is C23H17F2N3O2S. The highest BCUT2D eigenvalue weighted by Gasteiger charge is 2.34. The standard InChI is InChI=1S/C23H17F2N3O2S/c1-13-11-15(14(2)27(13)18-7-3-16(24)4-8-18)12-20-21(29)26-23(31)28(22(20)30)19-9-5-17(25)6-10-19/h3-12H,1-2H3,(H,26,29,31)/b20-12-. The van der Waals surface area contributed by atoms with Crippen LogP contribution in [0.5, 0.6) is 0 Å². The number of aromatic nitrogens is 1. The van der Waals surface area contributed by atoms with Crippen LogP contribution in [0.2, 0.25) is 0 Å². The summed E-state index contributed by atoms with van der Waals surface area (Å²) in [4.78, 5) is 26.8.